The molecule has 0 amide bonds. The van der Waals surface area contributed by atoms with Crippen molar-refractivity contribution in [2.24, 2.45) is 0 Å². The second-order valence-corrected chi connectivity index (χ2v) is 15.1. The van der Waals surface area contributed by atoms with Crippen molar-refractivity contribution >= 4 is 11.6 Å². The second kappa shape index (κ2) is 20.5. The molecule has 8 rings (SSSR count). The molecule has 1 aliphatic heterocycles. The summed E-state index contributed by atoms with van der Waals surface area (Å²) in [5, 5.41) is 9.75. The van der Waals surface area contributed by atoms with E-state index in [-0.39, 0.29) is 6.61 Å². The molecule has 6 aromatic carbocycles. The van der Waals surface area contributed by atoms with Gasteiger partial charge in [0.25, 0.3) is 0 Å². The van der Waals surface area contributed by atoms with Crippen LogP contribution in [0.1, 0.15) is 45.2 Å². The minimum atomic E-state index is -0.580. The third-order valence-corrected chi connectivity index (χ3v) is 10.8. The van der Waals surface area contributed by atoms with Gasteiger partial charge >= 0.3 is 0 Å². The summed E-state index contributed by atoms with van der Waals surface area (Å²) >= 11 is 6.93. The lowest BCUT2D eigenvalue weighted by molar-refractivity contribution is -0.275. The Hall–Kier alpha value is -5.51. The normalized spacial score (nSPS) is 19.0. The van der Waals surface area contributed by atoms with Gasteiger partial charge in [0.05, 0.1) is 44.4 Å². The van der Waals surface area contributed by atoms with Gasteiger partial charge in [0, 0.05) is 17.0 Å². The lowest BCUT2D eigenvalue weighted by Gasteiger charge is -2.46. The zero-order chi connectivity index (χ0) is 40.1. The number of hydrogen-bond donors (Lipinski definition) is 0. The quantitative estimate of drug-likeness (QED) is 0.0908. The Morgan fingerprint density at radius 1 is 0.492 bits per heavy atom. The lowest BCUT2D eigenvalue weighted by Crippen LogP contribution is -2.58. The first-order chi connectivity index (χ1) is 29.2. The first kappa shape index (κ1) is 40.3. The Morgan fingerprint density at radius 2 is 1.00 bits per heavy atom. The molecule has 8 heteroatoms. The number of benzene rings is 6. The average molecular weight is 803 g/mol. The van der Waals surface area contributed by atoms with Crippen LogP contribution in [-0.4, -0.2) is 41.2 Å². The van der Waals surface area contributed by atoms with Crippen LogP contribution in [0.15, 0.2) is 182 Å². The van der Waals surface area contributed by atoms with Crippen molar-refractivity contribution in [2.45, 2.75) is 63.4 Å². The molecule has 5 atom stereocenters. The van der Waals surface area contributed by atoms with E-state index >= 15 is 0 Å². The molecular formula is C51H47ClN2O5. The fraction of sp³-hybridized carbons (Fsp3) is 0.216. The maximum atomic E-state index is 7.18. The molecule has 1 aliphatic rings. The van der Waals surface area contributed by atoms with Crippen molar-refractivity contribution < 1.29 is 23.7 Å². The van der Waals surface area contributed by atoms with Crippen LogP contribution in [0.3, 0.4) is 0 Å². The molecule has 0 aliphatic carbocycles. The van der Waals surface area contributed by atoms with Crippen LogP contribution in [0.25, 0.3) is 11.3 Å². The van der Waals surface area contributed by atoms with E-state index in [1.165, 1.54) is 0 Å². The minimum absolute atomic E-state index is 0.269. The molecule has 0 radical (unpaired) electrons. The van der Waals surface area contributed by atoms with Crippen LogP contribution in [0.2, 0.25) is 5.02 Å². The SMILES string of the molecule is Clc1ccc([C@@H]2O[C@H](COCc3ccccc3)[C@@H](OCc3ccccc3)[C@H](OCc3ccccc3)[C@H]2OCc2ccccc2)cc1Cc1ccc(-c2ccccc2)nn1. The molecule has 1 aromatic heterocycles. The molecule has 0 bridgehead atoms. The highest BCUT2D eigenvalue weighted by Crippen LogP contribution is 2.40. The Kier molecular flexibility index (Phi) is 14.0. The third-order valence-electron chi connectivity index (χ3n) is 10.4. The van der Waals surface area contributed by atoms with Gasteiger partial charge in [-0.2, -0.15) is 10.2 Å². The Balaban J connectivity index is 1.14. The monoisotopic (exact) mass is 802 g/mol. The minimum Gasteiger partial charge on any atom is -0.374 e. The summed E-state index contributed by atoms with van der Waals surface area (Å²) in [6, 6.07) is 60.7. The van der Waals surface area contributed by atoms with Crippen molar-refractivity contribution in [1.29, 1.82) is 0 Å². The molecule has 1 fully saturated rings. The van der Waals surface area contributed by atoms with Crippen molar-refractivity contribution in [2.75, 3.05) is 6.61 Å². The summed E-state index contributed by atoms with van der Waals surface area (Å²) in [6.07, 6.45) is -2.27. The fourth-order valence-corrected chi connectivity index (χ4v) is 7.56. The van der Waals surface area contributed by atoms with E-state index in [9.17, 15) is 0 Å². The number of nitrogens with zero attached hydrogens (tertiary/aromatic N) is 2. The second-order valence-electron chi connectivity index (χ2n) is 14.7. The molecule has 7 aromatic rings. The fourth-order valence-electron chi connectivity index (χ4n) is 7.38. The Labute approximate surface area is 351 Å². The summed E-state index contributed by atoms with van der Waals surface area (Å²) in [6.45, 7) is 1.76. The summed E-state index contributed by atoms with van der Waals surface area (Å²) in [7, 11) is 0. The van der Waals surface area contributed by atoms with E-state index in [0.717, 1.165) is 50.3 Å². The molecule has 59 heavy (non-hydrogen) atoms. The highest BCUT2D eigenvalue weighted by molar-refractivity contribution is 6.31. The molecule has 0 unspecified atom stereocenters. The average Bonchev–Trinajstić information content (AvgIpc) is 3.30. The highest BCUT2D eigenvalue weighted by atomic mass is 35.5. The zero-order valence-electron chi connectivity index (χ0n) is 32.8. The Morgan fingerprint density at radius 3 is 1.54 bits per heavy atom. The third kappa shape index (κ3) is 11.0. The van der Waals surface area contributed by atoms with Crippen molar-refractivity contribution in [3.8, 4) is 11.3 Å². The maximum absolute atomic E-state index is 7.18. The molecule has 1 saturated heterocycles. The molecule has 0 saturated carbocycles. The largest absolute Gasteiger partial charge is 0.374 e. The molecule has 0 spiro atoms. The van der Waals surface area contributed by atoms with E-state index < -0.39 is 30.5 Å². The van der Waals surface area contributed by atoms with E-state index in [4.69, 9.17) is 35.3 Å². The van der Waals surface area contributed by atoms with Gasteiger partial charge in [0.2, 0.25) is 0 Å². The van der Waals surface area contributed by atoms with Gasteiger partial charge in [-0.05, 0) is 51.6 Å². The molecule has 7 nitrogen and oxygen atoms in total. The van der Waals surface area contributed by atoms with Gasteiger partial charge in [-0.1, -0.05) is 175 Å². The molecule has 0 N–H and O–H groups in total. The van der Waals surface area contributed by atoms with Gasteiger partial charge in [-0.25, -0.2) is 0 Å². The summed E-state index contributed by atoms with van der Waals surface area (Å²) < 4.78 is 34.4. The van der Waals surface area contributed by atoms with Gasteiger partial charge < -0.3 is 23.7 Å². The van der Waals surface area contributed by atoms with Gasteiger partial charge in [0.1, 0.15) is 30.5 Å². The van der Waals surface area contributed by atoms with E-state index in [1.54, 1.807) is 0 Å². The van der Waals surface area contributed by atoms with Crippen molar-refractivity contribution in [3.63, 3.8) is 0 Å². The first-order valence-corrected chi connectivity index (χ1v) is 20.4. The molecular weight excluding hydrogens is 756 g/mol. The summed E-state index contributed by atoms with van der Waals surface area (Å²) in [4.78, 5) is 0. The number of ether oxygens (including phenoxy) is 5. The van der Waals surface area contributed by atoms with Crippen LogP contribution in [0, 0.1) is 0 Å². The van der Waals surface area contributed by atoms with Crippen LogP contribution >= 0.6 is 11.6 Å². The first-order valence-electron chi connectivity index (χ1n) is 20.1. The van der Waals surface area contributed by atoms with Gasteiger partial charge in [-0.3, -0.25) is 0 Å². The number of rotatable bonds is 17. The van der Waals surface area contributed by atoms with E-state index in [1.807, 2.05) is 127 Å². The Bertz CT molecular complexity index is 2300. The van der Waals surface area contributed by atoms with E-state index in [0.29, 0.717) is 37.9 Å². The number of aromatic nitrogens is 2. The predicted molar refractivity (Wildman–Crippen MR) is 230 cm³/mol. The standard InChI is InChI=1S/C51H47ClN2O5/c52-45-28-26-42(30-43(45)31-44-27-29-46(54-53-44)41-24-14-5-15-25-41)48-50(57-34-39-20-10-3-11-21-39)51(58-35-40-22-12-4-13-23-40)49(56-33-38-18-8-2-9-19-38)47(59-48)36-55-32-37-16-6-1-7-17-37/h1-30,47-51H,31-36H2/t47-,48+,49-,50+,51+/m1/s1. The highest BCUT2D eigenvalue weighted by Gasteiger charge is 2.49. The smallest absolute Gasteiger partial charge is 0.117 e. The van der Waals surface area contributed by atoms with Crippen LogP contribution < -0.4 is 0 Å². The van der Waals surface area contributed by atoms with Gasteiger partial charge in [0.15, 0.2) is 0 Å². The lowest BCUT2D eigenvalue weighted by atomic mass is 9.89. The maximum Gasteiger partial charge on any atom is 0.117 e. The summed E-state index contributed by atoms with van der Waals surface area (Å²) in [5.41, 5.74) is 8.64. The summed E-state index contributed by atoms with van der Waals surface area (Å²) in [5.74, 6) is 0. The van der Waals surface area contributed by atoms with Crippen molar-refractivity contribution in [1.82, 2.24) is 10.2 Å². The van der Waals surface area contributed by atoms with Crippen molar-refractivity contribution in [3.05, 3.63) is 226 Å². The molecule has 2 heterocycles. The zero-order valence-corrected chi connectivity index (χ0v) is 33.5. The number of hydrogen-bond acceptors (Lipinski definition) is 7. The van der Waals surface area contributed by atoms with Crippen LogP contribution in [-0.2, 0) is 56.5 Å². The molecule has 298 valence electrons. The number of halogens is 1. The van der Waals surface area contributed by atoms with Crippen LogP contribution in [0.4, 0.5) is 0 Å². The van der Waals surface area contributed by atoms with E-state index in [2.05, 4.69) is 64.8 Å². The van der Waals surface area contributed by atoms with Gasteiger partial charge in [-0.15, -0.1) is 0 Å². The predicted octanol–water partition coefficient (Wildman–Crippen LogP) is 10.8. The topological polar surface area (TPSA) is 71.9 Å². The van der Waals surface area contributed by atoms with Crippen LogP contribution in [0.5, 0.6) is 0 Å².